The normalized spacial score (nSPS) is 35.6. The Morgan fingerprint density at radius 2 is 2.13 bits per heavy atom. The van der Waals surface area contributed by atoms with E-state index in [2.05, 4.69) is 20.0 Å². The molecule has 1 aromatic carbocycles. The maximum Gasteiger partial charge on any atom is 0.183 e. The Labute approximate surface area is 172 Å². The molecule has 0 spiro atoms. The van der Waals surface area contributed by atoms with Crippen LogP contribution in [0.5, 0.6) is 0 Å². The van der Waals surface area contributed by atoms with Gasteiger partial charge in [-0.1, -0.05) is 25.1 Å². The first kappa shape index (κ1) is 19.3. The summed E-state index contributed by atoms with van der Waals surface area (Å²) in [6.45, 7) is 1.56. The monoisotopic (exact) mass is 412 g/mol. The van der Waals surface area contributed by atoms with E-state index >= 15 is 0 Å². The number of rotatable bonds is 4. The van der Waals surface area contributed by atoms with Crippen LogP contribution in [0.1, 0.15) is 18.9 Å². The van der Waals surface area contributed by atoms with Crippen molar-refractivity contribution in [3.05, 3.63) is 36.0 Å². The van der Waals surface area contributed by atoms with E-state index in [4.69, 9.17) is 10.5 Å². The number of aliphatic hydroxyl groups is 3. The molecule has 3 aliphatic heterocycles. The lowest BCUT2D eigenvalue weighted by molar-refractivity contribution is -0.162. The minimum atomic E-state index is -1.29. The number of nitrogens with zero attached hydrogens (tertiary/aromatic N) is 4. The van der Waals surface area contributed by atoms with Crippen LogP contribution in [0.25, 0.3) is 10.9 Å². The summed E-state index contributed by atoms with van der Waals surface area (Å²) in [4.78, 5) is 18.4. The number of H-pyrrole nitrogens is 1. The number of para-hydroxylation sites is 1. The van der Waals surface area contributed by atoms with Crippen molar-refractivity contribution in [3.63, 3.8) is 0 Å². The molecule has 30 heavy (non-hydrogen) atoms. The molecule has 5 atom stereocenters. The Balaban J connectivity index is 1.56. The number of hydrogen-bond donors (Lipinski definition) is 5. The van der Waals surface area contributed by atoms with Gasteiger partial charge in [0.05, 0.1) is 6.61 Å². The molecule has 0 saturated carbocycles. The Morgan fingerprint density at radius 1 is 1.33 bits per heavy atom. The van der Waals surface area contributed by atoms with Crippen molar-refractivity contribution in [2.24, 2.45) is 20.7 Å². The molecule has 2 aromatic rings. The SMILES string of the molecule is CC[C@@]1(N2CN=C3C2=NC=NC3(N)c2c[nH]c3ccccc23)O[C@H](CO)[C@@H](O)[C@H]1O. The van der Waals surface area contributed by atoms with Gasteiger partial charge in [-0.3, -0.25) is 10.7 Å². The number of nitrogens with one attached hydrogen (secondary N) is 1. The summed E-state index contributed by atoms with van der Waals surface area (Å²) in [7, 11) is 0. The molecule has 0 amide bonds. The summed E-state index contributed by atoms with van der Waals surface area (Å²) in [5.74, 6) is 0.435. The molecule has 5 rings (SSSR count). The number of aromatic nitrogens is 1. The zero-order valence-electron chi connectivity index (χ0n) is 16.4. The molecule has 6 N–H and O–H groups in total. The van der Waals surface area contributed by atoms with Gasteiger partial charge in [0.2, 0.25) is 0 Å². The zero-order valence-corrected chi connectivity index (χ0v) is 16.4. The standard InChI is InChI=1S/C20H24N6O4/c1-2-19(17(29)15(28)14(8-27)30-19)26-10-24-16-18(26)23-9-25-20(16,21)12-7-22-13-6-4-3-5-11(12)13/h3-7,9,14-15,17,22,27-29H,2,8,10,21H2,1H3/t14-,15-,17-,19-,20?/m1/s1. The van der Waals surface area contributed by atoms with E-state index in [1.807, 2.05) is 37.4 Å². The van der Waals surface area contributed by atoms with E-state index in [0.717, 1.165) is 16.5 Å². The lowest BCUT2D eigenvalue weighted by atomic mass is 9.92. The fraction of sp³-hybridized carbons (Fsp3) is 0.450. The molecule has 1 aromatic heterocycles. The summed E-state index contributed by atoms with van der Waals surface area (Å²) in [5, 5.41) is 31.6. The molecule has 1 unspecified atom stereocenters. The molecule has 0 aliphatic carbocycles. The van der Waals surface area contributed by atoms with Crippen molar-refractivity contribution in [2.75, 3.05) is 13.3 Å². The third kappa shape index (κ3) is 2.39. The van der Waals surface area contributed by atoms with Gasteiger partial charge in [-0.05, 0) is 12.5 Å². The molecule has 158 valence electrons. The number of ether oxygens (including phenoxy) is 1. The quantitative estimate of drug-likeness (QED) is 0.463. The van der Waals surface area contributed by atoms with Crippen molar-refractivity contribution >= 4 is 28.8 Å². The number of hydrogen-bond acceptors (Lipinski definition) is 9. The third-order valence-electron chi connectivity index (χ3n) is 6.31. The molecule has 4 heterocycles. The van der Waals surface area contributed by atoms with Crippen LogP contribution in [-0.4, -0.2) is 80.4 Å². The minimum Gasteiger partial charge on any atom is -0.394 e. The Bertz CT molecular complexity index is 1080. The molecular formula is C20H24N6O4. The van der Waals surface area contributed by atoms with E-state index in [0.29, 0.717) is 18.0 Å². The van der Waals surface area contributed by atoms with E-state index in [-0.39, 0.29) is 6.67 Å². The predicted molar refractivity (Wildman–Crippen MR) is 111 cm³/mol. The lowest BCUT2D eigenvalue weighted by Crippen LogP contribution is -2.60. The van der Waals surface area contributed by atoms with Gasteiger partial charge in [-0.25, -0.2) is 9.98 Å². The number of aliphatic hydroxyl groups excluding tert-OH is 3. The van der Waals surface area contributed by atoms with Gasteiger partial charge in [0.15, 0.2) is 17.2 Å². The highest BCUT2D eigenvalue weighted by atomic mass is 16.6. The number of aromatic amines is 1. The van der Waals surface area contributed by atoms with Crippen LogP contribution in [0.2, 0.25) is 0 Å². The second kappa shape index (κ2) is 6.69. The number of nitrogens with two attached hydrogens (primary N) is 1. The average Bonchev–Trinajstić information content (AvgIpc) is 3.45. The van der Waals surface area contributed by atoms with Crippen molar-refractivity contribution in [1.82, 2.24) is 9.88 Å². The average molecular weight is 412 g/mol. The summed E-state index contributed by atoms with van der Waals surface area (Å²) in [5.41, 5.74) is 6.38. The fourth-order valence-corrected chi connectivity index (χ4v) is 4.67. The van der Waals surface area contributed by atoms with Crippen molar-refractivity contribution in [3.8, 4) is 0 Å². The Morgan fingerprint density at radius 3 is 2.87 bits per heavy atom. The molecule has 10 heteroatoms. The van der Waals surface area contributed by atoms with Crippen LogP contribution in [0.3, 0.4) is 0 Å². The second-order valence-electron chi connectivity index (χ2n) is 7.76. The first-order valence-electron chi connectivity index (χ1n) is 9.91. The van der Waals surface area contributed by atoms with Gasteiger partial charge >= 0.3 is 0 Å². The lowest BCUT2D eigenvalue weighted by Gasteiger charge is -2.41. The maximum atomic E-state index is 10.8. The van der Waals surface area contributed by atoms with Gasteiger partial charge < -0.3 is 29.9 Å². The largest absolute Gasteiger partial charge is 0.394 e. The molecule has 3 aliphatic rings. The Kier molecular flexibility index (Phi) is 4.31. The minimum absolute atomic E-state index is 0.134. The maximum absolute atomic E-state index is 10.8. The molecule has 0 radical (unpaired) electrons. The number of benzene rings is 1. The summed E-state index contributed by atoms with van der Waals surface area (Å²) in [6, 6.07) is 7.78. The Hall–Kier alpha value is -2.63. The molecule has 10 nitrogen and oxygen atoms in total. The number of aliphatic imine (C=N–C) groups is 3. The fourth-order valence-electron chi connectivity index (χ4n) is 4.67. The molecule has 1 saturated heterocycles. The van der Waals surface area contributed by atoms with E-state index in [1.165, 1.54) is 6.34 Å². The van der Waals surface area contributed by atoms with Crippen LogP contribution >= 0.6 is 0 Å². The van der Waals surface area contributed by atoms with Gasteiger partial charge in [-0.2, -0.15) is 0 Å². The second-order valence-corrected chi connectivity index (χ2v) is 7.76. The highest BCUT2D eigenvalue weighted by Crippen LogP contribution is 2.41. The third-order valence-corrected chi connectivity index (χ3v) is 6.31. The first-order chi connectivity index (χ1) is 14.5. The summed E-state index contributed by atoms with van der Waals surface area (Å²) < 4.78 is 5.96. The molecule has 0 bridgehead atoms. The summed E-state index contributed by atoms with van der Waals surface area (Å²) >= 11 is 0. The first-order valence-corrected chi connectivity index (χ1v) is 9.91. The van der Waals surface area contributed by atoms with Crippen LogP contribution < -0.4 is 5.73 Å². The van der Waals surface area contributed by atoms with E-state index in [9.17, 15) is 15.3 Å². The zero-order chi connectivity index (χ0) is 21.1. The van der Waals surface area contributed by atoms with Crippen molar-refractivity contribution in [1.29, 1.82) is 0 Å². The topological polar surface area (TPSA) is 152 Å². The van der Waals surface area contributed by atoms with Gasteiger partial charge in [0.25, 0.3) is 0 Å². The van der Waals surface area contributed by atoms with Crippen molar-refractivity contribution in [2.45, 2.75) is 43.0 Å². The summed E-state index contributed by atoms with van der Waals surface area (Å²) in [6.07, 6.45) is 0.157. The van der Waals surface area contributed by atoms with Gasteiger partial charge in [0.1, 0.15) is 37.0 Å². The number of fused-ring (bicyclic) bond motifs is 2. The molecule has 1 fully saturated rings. The highest BCUT2D eigenvalue weighted by Gasteiger charge is 2.59. The number of amidine groups is 1. The van der Waals surface area contributed by atoms with Crippen LogP contribution in [-0.2, 0) is 10.4 Å². The molecular weight excluding hydrogens is 388 g/mol. The van der Waals surface area contributed by atoms with Gasteiger partial charge in [-0.15, -0.1) is 0 Å². The van der Waals surface area contributed by atoms with Crippen LogP contribution in [0.15, 0.2) is 45.4 Å². The van der Waals surface area contributed by atoms with Gasteiger partial charge in [0, 0.05) is 22.7 Å². The van der Waals surface area contributed by atoms with E-state index < -0.39 is 36.3 Å². The van der Waals surface area contributed by atoms with Crippen molar-refractivity contribution < 1.29 is 20.1 Å². The van der Waals surface area contributed by atoms with Crippen LogP contribution in [0, 0.1) is 0 Å². The van der Waals surface area contributed by atoms with Crippen LogP contribution in [0.4, 0.5) is 0 Å². The smallest absolute Gasteiger partial charge is 0.183 e. The van der Waals surface area contributed by atoms with E-state index in [1.54, 1.807) is 4.90 Å². The highest BCUT2D eigenvalue weighted by molar-refractivity contribution is 6.47. The predicted octanol–water partition coefficient (Wildman–Crippen LogP) is -0.347.